The van der Waals surface area contributed by atoms with Gasteiger partial charge in [-0.2, -0.15) is 0 Å². The van der Waals surface area contributed by atoms with Crippen molar-refractivity contribution in [3.8, 4) is 54.3 Å². The van der Waals surface area contributed by atoms with Crippen molar-refractivity contribution in [2.45, 2.75) is 0 Å². The van der Waals surface area contributed by atoms with Crippen molar-refractivity contribution >= 4 is 60.7 Å². The van der Waals surface area contributed by atoms with Gasteiger partial charge in [-0.15, -0.1) is 11.3 Å². The van der Waals surface area contributed by atoms with E-state index in [2.05, 4.69) is 205 Å². The van der Waals surface area contributed by atoms with Crippen molar-refractivity contribution in [3.63, 3.8) is 0 Å². The van der Waals surface area contributed by atoms with Gasteiger partial charge in [0.2, 0.25) is 0 Å². The van der Waals surface area contributed by atoms with Crippen molar-refractivity contribution in [3.05, 3.63) is 200 Å². The molecule has 0 saturated carbocycles. The molecular weight excluding hydrogens is 671 g/mol. The Hall–Kier alpha value is -6.74. The van der Waals surface area contributed by atoms with Crippen LogP contribution in [0.3, 0.4) is 0 Å². The third-order valence-corrected chi connectivity index (χ3v) is 12.2. The van der Waals surface area contributed by atoms with Gasteiger partial charge in [-0.05, 0) is 131 Å². The molecule has 0 atom stereocenters. The second kappa shape index (κ2) is 12.4. The largest absolute Gasteiger partial charge is 0.310 e. The van der Waals surface area contributed by atoms with Gasteiger partial charge in [0.15, 0.2) is 0 Å². The second-order valence-electron chi connectivity index (χ2n) is 14.1. The van der Waals surface area contributed by atoms with E-state index in [9.17, 15) is 0 Å². The fourth-order valence-corrected chi connectivity index (χ4v) is 9.39. The van der Waals surface area contributed by atoms with Crippen molar-refractivity contribution in [1.82, 2.24) is 0 Å². The van der Waals surface area contributed by atoms with Crippen LogP contribution in [0.15, 0.2) is 200 Å². The summed E-state index contributed by atoms with van der Waals surface area (Å²) < 4.78 is 0. The lowest BCUT2D eigenvalue weighted by atomic mass is 9.97. The maximum absolute atomic E-state index is 2.40. The standard InChI is InChI=1S/C52H33NS/c1-2-9-37(10-3-1)50-30-31-51(54-50)38-22-26-42(27-23-38)53(43-28-29-45-46-14-6-11-39-12-7-15-47(52(39)46)49(45)33-43)41-24-20-34(21-25-41)40-19-18-36-17-16-35-8-4-5-13-44(35)48(36)32-40/h1-33H. The highest BCUT2D eigenvalue weighted by atomic mass is 32.1. The van der Waals surface area contributed by atoms with E-state index in [1.165, 1.54) is 86.6 Å². The van der Waals surface area contributed by atoms with Crippen LogP contribution in [0.2, 0.25) is 0 Å². The fourth-order valence-electron chi connectivity index (χ4n) is 8.38. The highest BCUT2D eigenvalue weighted by Crippen LogP contribution is 2.49. The summed E-state index contributed by atoms with van der Waals surface area (Å²) in [6.45, 7) is 0. The molecule has 0 saturated heterocycles. The van der Waals surface area contributed by atoms with Gasteiger partial charge in [0, 0.05) is 26.8 Å². The fraction of sp³-hybridized carbons (Fsp3) is 0. The minimum atomic E-state index is 1.12. The van der Waals surface area contributed by atoms with Gasteiger partial charge in [-0.25, -0.2) is 0 Å². The maximum Gasteiger partial charge on any atom is 0.0468 e. The lowest BCUT2D eigenvalue weighted by Crippen LogP contribution is -2.10. The van der Waals surface area contributed by atoms with E-state index in [0.29, 0.717) is 0 Å². The molecule has 0 aliphatic heterocycles. The van der Waals surface area contributed by atoms with Crippen molar-refractivity contribution in [1.29, 1.82) is 0 Å². The zero-order valence-electron chi connectivity index (χ0n) is 29.4. The summed E-state index contributed by atoms with van der Waals surface area (Å²) in [6.07, 6.45) is 0. The molecule has 0 amide bonds. The molecule has 1 aliphatic rings. The van der Waals surface area contributed by atoms with E-state index < -0.39 is 0 Å². The van der Waals surface area contributed by atoms with Crippen molar-refractivity contribution < 1.29 is 0 Å². The molecule has 1 aromatic heterocycles. The van der Waals surface area contributed by atoms with E-state index in [0.717, 1.165) is 17.1 Å². The Labute approximate surface area is 318 Å². The number of benzene rings is 9. The number of thiophene rings is 1. The maximum atomic E-state index is 2.40. The molecule has 9 aromatic carbocycles. The van der Waals surface area contributed by atoms with Gasteiger partial charge in [-0.1, -0.05) is 146 Å². The predicted octanol–water partition coefficient (Wildman–Crippen LogP) is 15.3. The Morgan fingerprint density at radius 3 is 1.59 bits per heavy atom. The molecule has 11 rings (SSSR count). The summed E-state index contributed by atoms with van der Waals surface area (Å²) in [6, 6.07) is 73.5. The first-order chi connectivity index (χ1) is 26.7. The number of hydrogen-bond acceptors (Lipinski definition) is 2. The third-order valence-electron chi connectivity index (χ3n) is 11.0. The number of nitrogens with zero attached hydrogens (tertiary/aromatic N) is 1. The molecule has 1 aliphatic carbocycles. The van der Waals surface area contributed by atoms with Crippen LogP contribution in [0.1, 0.15) is 0 Å². The van der Waals surface area contributed by atoms with Gasteiger partial charge in [0.1, 0.15) is 0 Å². The Morgan fingerprint density at radius 2 is 0.852 bits per heavy atom. The van der Waals surface area contributed by atoms with Crippen LogP contribution in [0.5, 0.6) is 0 Å². The van der Waals surface area contributed by atoms with E-state index in [4.69, 9.17) is 0 Å². The minimum absolute atomic E-state index is 1.12. The molecule has 1 nitrogen and oxygen atoms in total. The molecule has 54 heavy (non-hydrogen) atoms. The third kappa shape index (κ3) is 5.07. The molecule has 252 valence electrons. The lowest BCUT2D eigenvalue weighted by molar-refractivity contribution is 1.29. The summed E-state index contributed by atoms with van der Waals surface area (Å²) in [5, 5.41) is 7.74. The van der Waals surface area contributed by atoms with Gasteiger partial charge >= 0.3 is 0 Å². The van der Waals surface area contributed by atoms with Gasteiger partial charge < -0.3 is 4.90 Å². The summed E-state index contributed by atoms with van der Waals surface area (Å²) >= 11 is 1.84. The first-order valence-corrected chi connectivity index (χ1v) is 19.3. The van der Waals surface area contributed by atoms with Crippen LogP contribution in [-0.2, 0) is 0 Å². The Balaban J connectivity index is 1.00. The monoisotopic (exact) mass is 703 g/mol. The molecule has 0 unspecified atom stereocenters. The molecule has 2 heteroatoms. The Morgan fingerprint density at radius 1 is 0.296 bits per heavy atom. The highest BCUT2D eigenvalue weighted by Gasteiger charge is 2.23. The second-order valence-corrected chi connectivity index (χ2v) is 15.2. The van der Waals surface area contributed by atoms with Gasteiger partial charge in [-0.3, -0.25) is 0 Å². The summed E-state index contributed by atoms with van der Waals surface area (Å²) in [5.74, 6) is 0. The molecule has 0 radical (unpaired) electrons. The van der Waals surface area contributed by atoms with Gasteiger partial charge in [0.25, 0.3) is 0 Å². The van der Waals surface area contributed by atoms with Crippen LogP contribution < -0.4 is 4.90 Å². The van der Waals surface area contributed by atoms with E-state index >= 15 is 0 Å². The van der Waals surface area contributed by atoms with Crippen LogP contribution in [-0.4, -0.2) is 0 Å². The quantitative estimate of drug-likeness (QED) is 0.156. The van der Waals surface area contributed by atoms with E-state index in [1.54, 1.807) is 0 Å². The van der Waals surface area contributed by atoms with E-state index in [-0.39, 0.29) is 0 Å². The van der Waals surface area contributed by atoms with E-state index in [1.807, 2.05) is 11.3 Å². The predicted molar refractivity (Wildman–Crippen MR) is 232 cm³/mol. The van der Waals surface area contributed by atoms with Crippen LogP contribution in [0, 0.1) is 0 Å². The first-order valence-electron chi connectivity index (χ1n) is 18.5. The summed E-state index contributed by atoms with van der Waals surface area (Å²) in [4.78, 5) is 4.95. The smallest absolute Gasteiger partial charge is 0.0468 e. The molecule has 0 spiro atoms. The summed E-state index contributed by atoms with van der Waals surface area (Å²) in [5.41, 5.74) is 13.5. The highest BCUT2D eigenvalue weighted by molar-refractivity contribution is 7.18. The van der Waals surface area contributed by atoms with Gasteiger partial charge in [0.05, 0.1) is 0 Å². The molecule has 10 aromatic rings. The first kappa shape index (κ1) is 30.8. The SMILES string of the molecule is c1ccc(-c2ccc(-c3ccc(N(c4ccc(-c5ccc6ccc7ccccc7c6c5)cc4)c4ccc5c(c4)-c4cccc6cccc-5c46)cc3)s2)cc1. The average molecular weight is 704 g/mol. The summed E-state index contributed by atoms with van der Waals surface area (Å²) in [7, 11) is 0. The Kier molecular flexibility index (Phi) is 7.11. The lowest BCUT2D eigenvalue weighted by Gasteiger charge is -2.26. The Bertz CT molecular complexity index is 3020. The van der Waals surface area contributed by atoms with Crippen molar-refractivity contribution in [2.75, 3.05) is 4.90 Å². The average Bonchev–Trinajstić information content (AvgIpc) is 3.87. The zero-order valence-corrected chi connectivity index (χ0v) is 30.2. The molecular formula is C52H33NS. The van der Waals surface area contributed by atoms with Crippen LogP contribution in [0.25, 0.3) is 86.6 Å². The number of rotatable bonds is 6. The number of fused-ring (bicyclic) bond motifs is 6. The number of hydrogen-bond donors (Lipinski definition) is 0. The molecule has 1 heterocycles. The minimum Gasteiger partial charge on any atom is -0.310 e. The number of anilines is 3. The van der Waals surface area contributed by atoms with Crippen LogP contribution in [0.4, 0.5) is 17.1 Å². The normalized spacial score (nSPS) is 11.7. The topological polar surface area (TPSA) is 3.24 Å². The van der Waals surface area contributed by atoms with Crippen molar-refractivity contribution in [2.24, 2.45) is 0 Å². The molecule has 0 bridgehead atoms. The zero-order chi connectivity index (χ0) is 35.6. The van der Waals surface area contributed by atoms with Crippen LogP contribution >= 0.6 is 11.3 Å². The molecule has 0 fully saturated rings. The molecule has 0 N–H and O–H groups in total.